The number of nitrogens with zero attached hydrogens (tertiary/aromatic N) is 1. The summed E-state index contributed by atoms with van der Waals surface area (Å²) >= 11 is 0. The van der Waals surface area contributed by atoms with Crippen LogP contribution in [0.4, 0.5) is 0 Å². The average Bonchev–Trinajstić information content (AvgIpc) is 2.66. The van der Waals surface area contributed by atoms with E-state index in [1.165, 1.54) is 6.20 Å². The van der Waals surface area contributed by atoms with Gasteiger partial charge in [0.05, 0.1) is 6.61 Å². The molecule has 1 unspecified atom stereocenters. The zero-order valence-corrected chi connectivity index (χ0v) is 13.5. The van der Waals surface area contributed by atoms with Gasteiger partial charge >= 0.3 is 0 Å². The molecule has 0 saturated carbocycles. The smallest absolute Gasteiger partial charge is 0.283 e. The number of fused-ring (bicyclic) bond motifs is 1. The summed E-state index contributed by atoms with van der Waals surface area (Å²) in [5, 5.41) is 0. The summed E-state index contributed by atoms with van der Waals surface area (Å²) in [7, 11) is 0. The minimum Gasteiger partial charge on any atom is -0.485 e. The molecule has 8 heteroatoms. The highest BCUT2D eigenvalue weighted by molar-refractivity contribution is 5.97. The van der Waals surface area contributed by atoms with Gasteiger partial charge < -0.3 is 14.2 Å². The number of rotatable bonds is 4. The van der Waals surface area contributed by atoms with E-state index in [2.05, 4.69) is 15.8 Å². The normalized spacial score (nSPS) is 15.2. The zero-order chi connectivity index (χ0) is 17.6. The van der Waals surface area contributed by atoms with Gasteiger partial charge in [0.2, 0.25) is 12.0 Å². The molecular weight excluding hydrogens is 326 g/mol. The van der Waals surface area contributed by atoms with Crippen molar-refractivity contribution in [3.05, 3.63) is 48.2 Å². The molecule has 0 aliphatic carbocycles. The molecular formula is C17H17N3O5. The molecule has 25 heavy (non-hydrogen) atoms. The van der Waals surface area contributed by atoms with Gasteiger partial charge in [0.15, 0.2) is 11.5 Å². The predicted molar refractivity (Wildman–Crippen MR) is 87.4 cm³/mol. The van der Waals surface area contributed by atoms with Gasteiger partial charge in [0, 0.05) is 6.20 Å². The fourth-order valence-electron chi connectivity index (χ4n) is 2.23. The number of aromatic nitrogens is 1. The number of amides is 2. The van der Waals surface area contributed by atoms with Crippen molar-refractivity contribution in [2.75, 3.05) is 13.2 Å². The molecule has 2 N–H and O–H groups in total. The van der Waals surface area contributed by atoms with Crippen molar-refractivity contribution in [2.45, 2.75) is 13.0 Å². The first-order valence-electron chi connectivity index (χ1n) is 7.75. The maximum atomic E-state index is 12.2. The molecule has 1 aromatic carbocycles. The van der Waals surface area contributed by atoms with Crippen molar-refractivity contribution in [3.63, 3.8) is 0 Å². The molecule has 2 amide bonds. The molecule has 0 fully saturated rings. The summed E-state index contributed by atoms with van der Waals surface area (Å²) in [5.74, 6) is 0.188. The van der Waals surface area contributed by atoms with Gasteiger partial charge in [-0.1, -0.05) is 12.1 Å². The van der Waals surface area contributed by atoms with Crippen molar-refractivity contribution in [3.8, 4) is 17.4 Å². The summed E-state index contributed by atoms with van der Waals surface area (Å²) in [6.45, 7) is 2.21. The lowest BCUT2D eigenvalue weighted by Crippen LogP contribution is -2.50. The van der Waals surface area contributed by atoms with Crippen LogP contribution in [0.2, 0.25) is 0 Å². The molecule has 8 nitrogen and oxygen atoms in total. The third-order valence-electron chi connectivity index (χ3n) is 3.40. The third kappa shape index (κ3) is 3.79. The van der Waals surface area contributed by atoms with Crippen molar-refractivity contribution in [1.82, 2.24) is 15.8 Å². The van der Waals surface area contributed by atoms with Crippen LogP contribution in [0, 0.1) is 0 Å². The molecule has 0 radical (unpaired) electrons. The minimum absolute atomic E-state index is 0.0514. The van der Waals surface area contributed by atoms with Gasteiger partial charge in [0.25, 0.3) is 11.8 Å². The lowest BCUT2D eigenvalue weighted by Gasteiger charge is -2.25. The van der Waals surface area contributed by atoms with E-state index in [1.807, 2.05) is 6.07 Å². The molecule has 2 aromatic rings. The summed E-state index contributed by atoms with van der Waals surface area (Å²) in [5.41, 5.74) is 4.87. The molecule has 2 heterocycles. The Bertz CT molecular complexity index is 780. The Morgan fingerprint density at radius 3 is 2.80 bits per heavy atom. The van der Waals surface area contributed by atoms with Gasteiger partial charge in [-0.25, -0.2) is 4.98 Å². The van der Waals surface area contributed by atoms with E-state index in [0.717, 1.165) is 0 Å². The van der Waals surface area contributed by atoms with Gasteiger partial charge in [-0.3, -0.25) is 20.4 Å². The van der Waals surface area contributed by atoms with Crippen molar-refractivity contribution < 1.29 is 23.8 Å². The van der Waals surface area contributed by atoms with Gasteiger partial charge in [-0.2, -0.15) is 0 Å². The van der Waals surface area contributed by atoms with E-state index in [1.54, 1.807) is 37.3 Å². The molecule has 3 rings (SSSR count). The first kappa shape index (κ1) is 16.6. The van der Waals surface area contributed by atoms with Crippen molar-refractivity contribution in [1.29, 1.82) is 0 Å². The number of pyridine rings is 1. The highest BCUT2D eigenvalue weighted by atomic mass is 16.6. The largest absolute Gasteiger partial charge is 0.485 e. The number of nitrogens with one attached hydrogen (secondary N) is 2. The van der Waals surface area contributed by atoms with E-state index < -0.39 is 17.9 Å². The lowest BCUT2D eigenvalue weighted by atomic mass is 10.2. The maximum absolute atomic E-state index is 12.2. The Labute approximate surface area is 144 Å². The van der Waals surface area contributed by atoms with Crippen LogP contribution in [0.3, 0.4) is 0 Å². The number of hydrazine groups is 1. The quantitative estimate of drug-likeness (QED) is 0.806. The average molecular weight is 343 g/mol. The maximum Gasteiger partial charge on any atom is 0.283 e. The number of carbonyl (C=O) groups is 2. The molecule has 1 atom stereocenters. The molecule has 1 aliphatic heterocycles. The van der Waals surface area contributed by atoms with E-state index in [-0.39, 0.29) is 18.1 Å². The van der Waals surface area contributed by atoms with Gasteiger partial charge in [-0.15, -0.1) is 0 Å². The second kappa shape index (κ2) is 7.52. The Hall–Kier alpha value is -3.29. The first-order valence-corrected chi connectivity index (χ1v) is 7.75. The van der Waals surface area contributed by atoms with Crippen LogP contribution in [0.1, 0.15) is 17.3 Å². The predicted octanol–water partition coefficient (Wildman–Crippen LogP) is 1.08. The third-order valence-corrected chi connectivity index (χ3v) is 3.40. The van der Waals surface area contributed by atoms with Gasteiger partial charge in [0.1, 0.15) is 12.2 Å². The van der Waals surface area contributed by atoms with Crippen LogP contribution >= 0.6 is 0 Å². The summed E-state index contributed by atoms with van der Waals surface area (Å²) in [4.78, 5) is 28.4. The second-order valence-electron chi connectivity index (χ2n) is 5.10. The lowest BCUT2D eigenvalue weighted by molar-refractivity contribution is -0.131. The Morgan fingerprint density at radius 1 is 1.20 bits per heavy atom. The first-order chi connectivity index (χ1) is 12.2. The van der Waals surface area contributed by atoms with Crippen molar-refractivity contribution >= 4 is 11.8 Å². The highest BCUT2D eigenvalue weighted by Crippen LogP contribution is 2.30. The van der Waals surface area contributed by atoms with Gasteiger partial charge in [-0.05, 0) is 31.2 Å². The summed E-state index contributed by atoms with van der Waals surface area (Å²) in [6.07, 6.45) is 0.654. The summed E-state index contributed by atoms with van der Waals surface area (Å²) < 4.78 is 16.3. The number of ether oxygens (including phenoxy) is 3. The number of carbonyl (C=O) groups excluding carboxylic acids is 2. The molecule has 0 spiro atoms. The Balaban J connectivity index is 1.59. The molecule has 0 saturated heterocycles. The topological polar surface area (TPSA) is 98.8 Å². The molecule has 0 bridgehead atoms. The van der Waals surface area contributed by atoms with Crippen LogP contribution in [-0.4, -0.2) is 36.1 Å². The van der Waals surface area contributed by atoms with Crippen LogP contribution in [0.15, 0.2) is 42.6 Å². The van der Waals surface area contributed by atoms with Crippen LogP contribution < -0.4 is 25.1 Å². The Morgan fingerprint density at radius 2 is 2.00 bits per heavy atom. The monoisotopic (exact) mass is 343 g/mol. The molecule has 130 valence electrons. The standard InChI is InChI=1S/C17H17N3O5/c1-2-23-17-11(6-5-9-18-17)15(21)19-20-16(22)14-10-24-12-7-3-4-8-13(12)25-14/h3-9,14H,2,10H2,1H3,(H,19,21)(H,20,22). The minimum atomic E-state index is -0.865. The van der Waals surface area contributed by atoms with E-state index in [4.69, 9.17) is 14.2 Å². The van der Waals surface area contributed by atoms with Crippen LogP contribution in [0.5, 0.6) is 17.4 Å². The zero-order valence-electron chi connectivity index (χ0n) is 13.5. The fourth-order valence-corrected chi connectivity index (χ4v) is 2.23. The number of hydrogen-bond donors (Lipinski definition) is 2. The van der Waals surface area contributed by atoms with Crippen LogP contribution in [-0.2, 0) is 4.79 Å². The summed E-state index contributed by atoms with van der Waals surface area (Å²) in [6, 6.07) is 10.2. The van der Waals surface area contributed by atoms with E-state index in [0.29, 0.717) is 18.1 Å². The fraction of sp³-hybridized carbons (Fsp3) is 0.235. The molecule has 1 aliphatic rings. The van der Waals surface area contributed by atoms with Crippen LogP contribution in [0.25, 0.3) is 0 Å². The van der Waals surface area contributed by atoms with Crippen molar-refractivity contribution in [2.24, 2.45) is 0 Å². The SMILES string of the molecule is CCOc1ncccc1C(=O)NNC(=O)C1COc2ccccc2O1. The number of para-hydroxylation sites is 2. The van der Waals surface area contributed by atoms with E-state index in [9.17, 15) is 9.59 Å². The number of hydrogen-bond acceptors (Lipinski definition) is 6. The number of benzene rings is 1. The Kier molecular flexibility index (Phi) is 4.98. The second-order valence-corrected chi connectivity index (χ2v) is 5.10. The van der Waals surface area contributed by atoms with E-state index >= 15 is 0 Å². The highest BCUT2D eigenvalue weighted by Gasteiger charge is 2.27. The molecule has 1 aromatic heterocycles.